The molecular formula is C10H15FN4O. The van der Waals surface area contributed by atoms with Crippen LogP contribution in [0.15, 0.2) is 23.6 Å². The first-order valence-corrected chi connectivity index (χ1v) is 4.81. The largest absolute Gasteiger partial charge is 0.409 e. The van der Waals surface area contributed by atoms with E-state index in [4.69, 9.17) is 10.9 Å². The number of nitrogens with two attached hydrogens (primary N) is 1. The summed E-state index contributed by atoms with van der Waals surface area (Å²) < 4.78 is 12.9. The van der Waals surface area contributed by atoms with Crippen LogP contribution in [0.2, 0.25) is 0 Å². The van der Waals surface area contributed by atoms with Gasteiger partial charge in [-0.15, -0.1) is 0 Å². The number of likely N-dealkylation sites (N-methyl/N-ethyl adjacent to an activating group) is 1. The Balaban J connectivity index is 2.67. The van der Waals surface area contributed by atoms with Crippen LogP contribution in [0, 0.1) is 5.82 Å². The zero-order valence-electron chi connectivity index (χ0n) is 9.26. The van der Waals surface area contributed by atoms with Crippen molar-refractivity contribution in [1.29, 1.82) is 0 Å². The summed E-state index contributed by atoms with van der Waals surface area (Å²) in [5, 5.41) is 11.5. The fraction of sp³-hybridized carbons (Fsp3) is 0.400. The summed E-state index contributed by atoms with van der Waals surface area (Å²) in [6.45, 7) is 2.27. The van der Waals surface area contributed by atoms with Crippen molar-refractivity contribution in [3.8, 4) is 0 Å². The third-order valence-corrected chi connectivity index (χ3v) is 2.40. The predicted molar refractivity (Wildman–Crippen MR) is 58.5 cm³/mol. The number of rotatable bonds is 4. The summed E-state index contributed by atoms with van der Waals surface area (Å²) in [5.74, 6) is -0.255. The van der Waals surface area contributed by atoms with Gasteiger partial charge in [0.1, 0.15) is 5.82 Å². The van der Waals surface area contributed by atoms with Crippen molar-refractivity contribution in [3.63, 3.8) is 0 Å². The topological polar surface area (TPSA) is 74.7 Å². The molecule has 16 heavy (non-hydrogen) atoms. The second kappa shape index (κ2) is 5.41. The summed E-state index contributed by atoms with van der Waals surface area (Å²) in [6, 6.07) is 1.18. The average molecular weight is 226 g/mol. The van der Waals surface area contributed by atoms with Gasteiger partial charge in [0.15, 0.2) is 5.84 Å². The number of hydrogen-bond donors (Lipinski definition) is 2. The maximum absolute atomic E-state index is 12.9. The molecule has 0 amide bonds. The molecule has 0 fully saturated rings. The quantitative estimate of drug-likeness (QED) is 0.344. The molecule has 0 aromatic carbocycles. The fourth-order valence-corrected chi connectivity index (χ4v) is 1.28. The molecule has 1 aromatic rings. The molecular weight excluding hydrogens is 211 g/mol. The van der Waals surface area contributed by atoms with Gasteiger partial charge in [-0.1, -0.05) is 5.16 Å². The lowest BCUT2D eigenvalue weighted by molar-refractivity contribution is 0.278. The standard InChI is InChI=1S/C10H15FN4O/c1-7(10(12)14-16)15(2)6-8-3-9(11)5-13-4-8/h3-5,7,16H,6H2,1-2H3,(H2,12,14). The van der Waals surface area contributed by atoms with E-state index in [0.29, 0.717) is 6.54 Å². The van der Waals surface area contributed by atoms with Crippen molar-refractivity contribution in [3.05, 3.63) is 29.8 Å². The minimum atomic E-state index is -0.373. The van der Waals surface area contributed by atoms with Crippen LogP contribution in [0.5, 0.6) is 0 Å². The molecule has 88 valence electrons. The van der Waals surface area contributed by atoms with Crippen LogP contribution in [-0.4, -0.2) is 34.0 Å². The molecule has 5 nitrogen and oxygen atoms in total. The zero-order chi connectivity index (χ0) is 12.1. The summed E-state index contributed by atoms with van der Waals surface area (Å²) in [4.78, 5) is 5.57. The van der Waals surface area contributed by atoms with Crippen LogP contribution in [0.3, 0.4) is 0 Å². The number of halogens is 1. The molecule has 1 heterocycles. The number of amidine groups is 1. The Morgan fingerprint density at radius 1 is 1.69 bits per heavy atom. The molecule has 1 unspecified atom stereocenters. The monoisotopic (exact) mass is 226 g/mol. The Labute approximate surface area is 93.4 Å². The van der Waals surface area contributed by atoms with E-state index < -0.39 is 0 Å². The third-order valence-electron chi connectivity index (χ3n) is 2.40. The van der Waals surface area contributed by atoms with Crippen LogP contribution >= 0.6 is 0 Å². The highest BCUT2D eigenvalue weighted by molar-refractivity contribution is 5.84. The van der Waals surface area contributed by atoms with E-state index >= 15 is 0 Å². The lowest BCUT2D eigenvalue weighted by atomic mass is 10.2. The molecule has 0 radical (unpaired) electrons. The first-order chi connectivity index (χ1) is 7.54. The van der Waals surface area contributed by atoms with Crippen LogP contribution < -0.4 is 5.73 Å². The van der Waals surface area contributed by atoms with Gasteiger partial charge in [0.2, 0.25) is 0 Å². The van der Waals surface area contributed by atoms with Gasteiger partial charge in [-0.25, -0.2) is 4.39 Å². The van der Waals surface area contributed by atoms with Crippen molar-refractivity contribution < 1.29 is 9.60 Å². The molecule has 1 rings (SSSR count). The van der Waals surface area contributed by atoms with E-state index in [1.807, 2.05) is 4.90 Å². The molecule has 0 spiro atoms. The summed E-state index contributed by atoms with van der Waals surface area (Å²) in [5.41, 5.74) is 6.21. The highest BCUT2D eigenvalue weighted by Crippen LogP contribution is 2.06. The first-order valence-electron chi connectivity index (χ1n) is 4.81. The predicted octanol–water partition coefficient (Wildman–Crippen LogP) is 0.787. The molecule has 0 bridgehead atoms. The molecule has 1 atom stereocenters. The van der Waals surface area contributed by atoms with E-state index in [1.54, 1.807) is 20.2 Å². The van der Waals surface area contributed by atoms with Crippen LogP contribution in [0.25, 0.3) is 0 Å². The third kappa shape index (κ3) is 3.16. The van der Waals surface area contributed by atoms with Gasteiger partial charge in [0.25, 0.3) is 0 Å². The highest BCUT2D eigenvalue weighted by Gasteiger charge is 2.14. The summed E-state index contributed by atoms with van der Waals surface area (Å²) >= 11 is 0. The van der Waals surface area contributed by atoms with Gasteiger partial charge in [-0.2, -0.15) is 0 Å². The second-order valence-corrected chi connectivity index (χ2v) is 3.63. The van der Waals surface area contributed by atoms with Gasteiger partial charge in [0, 0.05) is 12.7 Å². The molecule has 0 saturated heterocycles. The maximum Gasteiger partial charge on any atom is 0.156 e. The fourth-order valence-electron chi connectivity index (χ4n) is 1.28. The van der Waals surface area contributed by atoms with Crippen molar-refractivity contribution in [2.45, 2.75) is 19.5 Å². The Bertz CT molecular complexity index is 383. The molecule has 3 N–H and O–H groups in total. The van der Waals surface area contributed by atoms with Gasteiger partial charge < -0.3 is 10.9 Å². The van der Waals surface area contributed by atoms with Crippen LogP contribution in [0.4, 0.5) is 4.39 Å². The smallest absolute Gasteiger partial charge is 0.156 e. The van der Waals surface area contributed by atoms with E-state index in [9.17, 15) is 4.39 Å². The van der Waals surface area contributed by atoms with Gasteiger partial charge in [-0.05, 0) is 25.6 Å². The Morgan fingerprint density at radius 3 is 2.94 bits per heavy atom. The number of oxime groups is 1. The van der Waals surface area contributed by atoms with Crippen molar-refractivity contribution in [1.82, 2.24) is 9.88 Å². The van der Waals surface area contributed by atoms with Gasteiger partial charge in [0.05, 0.1) is 12.2 Å². The maximum atomic E-state index is 12.9. The van der Waals surface area contributed by atoms with E-state index in [2.05, 4.69) is 10.1 Å². The van der Waals surface area contributed by atoms with E-state index in [0.717, 1.165) is 11.8 Å². The van der Waals surface area contributed by atoms with Gasteiger partial charge in [-0.3, -0.25) is 9.88 Å². The zero-order valence-corrected chi connectivity index (χ0v) is 9.26. The Kier molecular flexibility index (Phi) is 4.19. The number of aromatic nitrogens is 1. The van der Waals surface area contributed by atoms with Crippen molar-refractivity contribution in [2.24, 2.45) is 10.9 Å². The average Bonchev–Trinajstić information content (AvgIpc) is 2.27. The first kappa shape index (κ1) is 12.4. The van der Waals surface area contributed by atoms with E-state index in [-0.39, 0.29) is 17.7 Å². The molecule has 0 aliphatic rings. The van der Waals surface area contributed by atoms with Gasteiger partial charge >= 0.3 is 0 Å². The lowest BCUT2D eigenvalue weighted by Crippen LogP contribution is -2.40. The minimum Gasteiger partial charge on any atom is -0.409 e. The van der Waals surface area contributed by atoms with Crippen molar-refractivity contribution >= 4 is 5.84 Å². The SMILES string of the molecule is CC(/C(N)=N/O)N(C)Cc1cncc(F)c1. The Morgan fingerprint density at radius 2 is 2.38 bits per heavy atom. The second-order valence-electron chi connectivity index (χ2n) is 3.63. The van der Waals surface area contributed by atoms with Crippen LogP contribution in [-0.2, 0) is 6.54 Å². The normalized spacial score (nSPS) is 14.1. The van der Waals surface area contributed by atoms with Crippen LogP contribution in [0.1, 0.15) is 12.5 Å². The molecule has 1 aromatic heterocycles. The molecule has 0 aliphatic carbocycles. The number of nitrogens with zero attached hydrogens (tertiary/aromatic N) is 3. The number of hydrogen-bond acceptors (Lipinski definition) is 4. The minimum absolute atomic E-state index is 0.117. The van der Waals surface area contributed by atoms with E-state index in [1.165, 1.54) is 6.07 Å². The van der Waals surface area contributed by atoms with Crippen molar-refractivity contribution in [2.75, 3.05) is 7.05 Å². The highest BCUT2D eigenvalue weighted by atomic mass is 19.1. The number of pyridine rings is 1. The molecule has 0 saturated carbocycles. The summed E-state index contributed by atoms with van der Waals surface area (Å²) in [7, 11) is 1.80. The Hall–Kier alpha value is -1.69. The summed E-state index contributed by atoms with van der Waals surface area (Å²) in [6.07, 6.45) is 2.73. The molecule has 0 aliphatic heterocycles. The molecule has 6 heteroatoms. The lowest BCUT2D eigenvalue weighted by Gasteiger charge is -2.23.